The normalized spacial score (nSPS) is 16.4. The molecular formula is C30H28FN9O3. The molecule has 1 aliphatic rings. The van der Waals surface area contributed by atoms with Crippen LogP contribution >= 0.6 is 0 Å². The molecule has 1 fully saturated rings. The summed E-state index contributed by atoms with van der Waals surface area (Å²) in [6.45, 7) is 1.09. The lowest BCUT2D eigenvalue weighted by Gasteiger charge is -2.24. The molecule has 2 amide bonds. The predicted molar refractivity (Wildman–Crippen MR) is 157 cm³/mol. The van der Waals surface area contributed by atoms with Gasteiger partial charge >= 0.3 is 0 Å². The number of ketones is 1. The maximum absolute atomic E-state index is 14.7. The molecule has 2 N–H and O–H groups in total. The SMILES string of the molecule is CC(=O)c1cn(CC(=O)N2C[C@H](F)C[C@H]2C(=O)Nc2ccccc2-c2nncn2C)c2ccc(Nc3cncnc3)cc12. The molecule has 6 rings (SSSR count). The minimum absolute atomic E-state index is 0.118. The number of anilines is 3. The van der Waals surface area contributed by atoms with Crippen LogP contribution in [0.5, 0.6) is 0 Å². The fourth-order valence-corrected chi connectivity index (χ4v) is 5.39. The summed E-state index contributed by atoms with van der Waals surface area (Å²) in [5, 5.41) is 14.7. The lowest BCUT2D eigenvalue weighted by molar-refractivity contribution is -0.137. The number of alkyl halides is 1. The van der Waals surface area contributed by atoms with Crippen molar-refractivity contribution in [1.82, 2.24) is 34.2 Å². The van der Waals surface area contributed by atoms with E-state index in [0.717, 1.165) is 0 Å². The van der Waals surface area contributed by atoms with Gasteiger partial charge in [-0.3, -0.25) is 14.4 Å². The number of aromatic nitrogens is 6. The van der Waals surface area contributed by atoms with Crippen LogP contribution in [-0.4, -0.2) is 70.6 Å². The first-order chi connectivity index (χ1) is 20.8. The number of carbonyl (C=O) groups excluding carboxylic acids is 3. The quantitative estimate of drug-likeness (QED) is 0.264. The molecule has 0 bridgehead atoms. The van der Waals surface area contributed by atoms with E-state index >= 15 is 0 Å². The number of rotatable bonds is 8. The zero-order valence-corrected chi connectivity index (χ0v) is 23.4. The number of para-hydroxylation sites is 1. The molecule has 13 heteroatoms. The van der Waals surface area contributed by atoms with E-state index in [2.05, 4.69) is 30.8 Å². The molecule has 4 heterocycles. The van der Waals surface area contributed by atoms with E-state index in [1.807, 2.05) is 18.2 Å². The van der Waals surface area contributed by atoms with Crippen LogP contribution < -0.4 is 10.6 Å². The van der Waals surface area contributed by atoms with Gasteiger partial charge < -0.3 is 24.7 Å². The van der Waals surface area contributed by atoms with Crippen molar-refractivity contribution >= 4 is 45.6 Å². The van der Waals surface area contributed by atoms with Crippen molar-refractivity contribution in [2.24, 2.45) is 7.05 Å². The van der Waals surface area contributed by atoms with Crippen LogP contribution in [0, 0.1) is 0 Å². The van der Waals surface area contributed by atoms with Crippen LogP contribution in [0.25, 0.3) is 22.3 Å². The molecule has 43 heavy (non-hydrogen) atoms. The Morgan fingerprint density at radius 1 is 1.07 bits per heavy atom. The fraction of sp³-hybridized carbons (Fsp3) is 0.233. The summed E-state index contributed by atoms with van der Waals surface area (Å²) in [7, 11) is 1.79. The number of likely N-dealkylation sites (tertiary alicyclic amines) is 1. The summed E-state index contributed by atoms with van der Waals surface area (Å²) in [6, 6.07) is 11.5. The lowest BCUT2D eigenvalue weighted by Crippen LogP contribution is -2.44. The first-order valence-electron chi connectivity index (χ1n) is 13.6. The molecule has 218 valence electrons. The van der Waals surface area contributed by atoms with Gasteiger partial charge in [0.1, 0.15) is 31.4 Å². The van der Waals surface area contributed by atoms with Crippen molar-refractivity contribution in [2.45, 2.75) is 32.1 Å². The van der Waals surface area contributed by atoms with Crippen molar-refractivity contribution < 1.29 is 18.8 Å². The molecule has 1 saturated heterocycles. The van der Waals surface area contributed by atoms with Crippen molar-refractivity contribution in [2.75, 3.05) is 17.2 Å². The molecule has 0 unspecified atom stereocenters. The number of aryl methyl sites for hydroxylation is 1. The molecule has 12 nitrogen and oxygen atoms in total. The van der Waals surface area contributed by atoms with Gasteiger partial charge in [-0.1, -0.05) is 12.1 Å². The Bertz CT molecular complexity index is 1840. The highest BCUT2D eigenvalue weighted by molar-refractivity contribution is 6.08. The number of carbonyl (C=O) groups is 3. The average Bonchev–Trinajstić information content (AvgIpc) is 3.70. The van der Waals surface area contributed by atoms with Crippen LogP contribution in [0.1, 0.15) is 23.7 Å². The summed E-state index contributed by atoms with van der Waals surface area (Å²) < 4.78 is 18.1. The second-order valence-electron chi connectivity index (χ2n) is 10.4. The molecule has 0 aliphatic carbocycles. The highest BCUT2D eigenvalue weighted by atomic mass is 19.1. The van der Waals surface area contributed by atoms with E-state index in [1.54, 1.807) is 65.4 Å². The molecule has 2 aromatic carbocycles. The maximum atomic E-state index is 14.7. The highest BCUT2D eigenvalue weighted by Gasteiger charge is 2.40. The summed E-state index contributed by atoms with van der Waals surface area (Å²) in [5.74, 6) is -0.543. The lowest BCUT2D eigenvalue weighted by atomic mass is 10.1. The number of halogens is 1. The van der Waals surface area contributed by atoms with Gasteiger partial charge in [0.2, 0.25) is 11.8 Å². The van der Waals surface area contributed by atoms with Gasteiger partial charge in [0.05, 0.1) is 30.3 Å². The number of Topliss-reactive ketones (excluding diaryl/α,β-unsaturated/α-hetero) is 1. The zero-order chi connectivity index (χ0) is 30.1. The van der Waals surface area contributed by atoms with Crippen molar-refractivity contribution in [3.8, 4) is 11.4 Å². The summed E-state index contributed by atoms with van der Waals surface area (Å²) in [4.78, 5) is 48.8. The van der Waals surface area contributed by atoms with E-state index in [4.69, 9.17) is 0 Å². The molecule has 2 atom stereocenters. The first kappa shape index (κ1) is 27.7. The standard InChI is InChI=1S/C30H28FN9O3/c1-18(41)24-14-39(26-8-7-20(10-23(24)26)35-21-11-32-16-33-12-21)15-28(42)40-13-19(31)9-27(40)30(43)36-25-6-4-3-5-22(25)29-37-34-17-38(29)2/h3-8,10-12,14,16-17,19,27,35H,9,13,15H2,1-2H3,(H,36,43)/t19-,27+/m1/s1. The Morgan fingerprint density at radius 3 is 2.60 bits per heavy atom. The van der Waals surface area contributed by atoms with E-state index in [9.17, 15) is 18.8 Å². The van der Waals surface area contributed by atoms with Crippen LogP contribution in [0.2, 0.25) is 0 Å². The predicted octanol–water partition coefficient (Wildman–Crippen LogP) is 3.75. The first-order valence-corrected chi connectivity index (χ1v) is 13.6. The Balaban J connectivity index is 1.23. The van der Waals surface area contributed by atoms with Crippen molar-refractivity contribution in [1.29, 1.82) is 0 Å². The molecular weight excluding hydrogens is 553 g/mol. The van der Waals surface area contributed by atoms with Crippen LogP contribution in [0.15, 0.2) is 73.7 Å². The molecule has 0 spiro atoms. The number of amides is 2. The summed E-state index contributed by atoms with van der Waals surface area (Å²) in [6.07, 6.45) is 6.39. The molecule has 0 saturated carbocycles. The summed E-state index contributed by atoms with van der Waals surface area (Å²) >= 11 is 0. The number of hydrogen-bond donors (Lipinski definition) is 2. The number of benzene rings is 2. The summed E-state index contributed by atoms with van der Waals surface area (Å²) in [5.41, 5.74) is 3.62. The topological polar surface area (TPSA) is 140 Å². The Morgan fingerprint density at radius 2 is 1.86 bits per heavy atom. The minimum Gasteiger partial charge on any atom is -0.353 e. The van der Waals surface area contributed by atoms with E-state index in [-0.39, 0.29) is 25.3 Å². The monoisotopic (exact) mass is 581 g/mol. The smallest absolute Gasteiger partial charge is 0.247 e. The van der Waals surface area contributed by atoms with Crippen LogP contribution in [0.4, 0.5) is 21.5 Å². The number of hydrogen-bond acceptors (Lipinski definition) is 8. The molecule has 1 aliphatic heterocycles. The maximum Gasteiger partial charge on any atom is 0.247 e. The second-order valence-corrected chi connectivity index (χ2v) is 10.4. The zero-order valence-electron chi connectivity index (χ0n) is 23.4. The molecule has 0 radical (unpaired) electrons. The van der Waals surface area contributed by atoms with Crippen LogP contribution in [-0.2, 0) is 23.2 Å². The van der Waals surface area contributed by atoms with Crippen molar-refractivity contribution in [3.63, 3.8) is 0 Å². The Labute approximate surface area is 245 Å². The van der Waals surface area contributed by atoms with Gasteiger partial charge in [-0.25, -0.2) is 14.4 Å². The van der Waals surface area contributed by atoms with Gasteiger partial charge in [0.15, 0.2) is 11.6 Å². The van der Waals surface area contributed by atoms with E-state index in [1.165, 1.54) is 18.2 Å². The largest absolute Gasteiger partial charge is 0.353 e. The fourth-order valence-electron chi connectivity index (χ4n) is 5.39. The average molecular weight is 582 g/mol. The Hall–Kier alpha value is -5.46. The number of nitrogens with one attached hydrogen (secondary N) is 2. The third kappa shape index (κ3) is 5.56. The van der Waals surface area contributed by atoms with Gasteiger partial charge in [-0.05, 0) is 37.3 Å². The van der Waals surface area contributed by atoms with E-state index in [0.29, 0.717) is 44.9 Å². The highest BCUT2D eigenvalue weighted by Crippen LogP contribution is 2.30. The number of fused-ring (bicyclic) bond motifs is 1. The van der Waals surface area contributed by atoms with Gasteiger partial charge in [-0.15, -0.1) is 10.2 Å². The van der Waals surface area contributed by atoms with Gasteiger partial charge in [0.25, 0.3) is 0 Å². The molecule has 5 aromatic rings. The Kier molecular flexibility index (Phi) is 7.36. The van der Waals surface area contributed by atoms with Crippen molar-refractivity contribution in [3.05, 3.63) is 79.3 Å². The molecule has 3 aromatic heterocycles. The third-order valence-corrected chi connectivity index (χ3v) is 7.43. The third-order valence-electron chi connectivity index (χ3n) is 7.43. The van der Waals surface area contributed by atoms with E-state index < -0.39 is 24.0 Å². The van der Waals surface area contributed by atoms with Crippen LogP contribution in [0.3, 0.4) is 0 Å². The number of nitrogens with zero attached hydrogens (tertiary/aromatic N) is 7. The second kappa shape index (κ2) is 11.4. The minimum atomic E-state index is -1.35. The van der Waals surface area contributed by atoms with Gasteiger partial charge in [-0.2, -0.15) is 0 Å². The van der Waals surface area contributed by atoms with Gasteiger partial charge in [0, 0.05) is 47.4 Å².